The number of nitrogens with two attached hydrogens (primary N) is 1. The summed E-state index contributed by atoms with van der Waals surface area (Å²) in [5.41, 5.74) is 7.64. The fourth-order valence-corrected chi connectivity index (χ4v) is 2.88. The maximum absolute atomic E-state index is 12.1. The first-order valence-electron chi connectivity index (χ1n) is 5.75. The van der Waals surface area contributed by atoms with Gasteiger partial charge in [0.1, 0.15) is 0 Å². The van der Waals surface area contributed by atoms with Gasteiger partial charge in [-0.25, -0.2) is 12.7 Å². The molecule has 0 saturated carbocycles. The summed E-state index contributed by atoms with van der Waals surface area (Å²) in [5, 5.41) is 0. The third-order valence-corrected chi connectivity index (χ3v) is 4.86. The molecule has 0 saturated heterocycles. The minimum Gasteiger partial charge on any atom is -0.326 e. The highest BCUT2D eigenvalue weighted by Crippen LogP contribution is 2.19. The van der Waals surface area contributed by atoms with Crippen LogP contribution in [-0.2, 0) is 23.0 Å². The lowest BCUT2D eigenvalue weighted by molar-refractivity contribution is 0.486. The second-order valence-electron chi connectivity index (χ2n) is 3.91. The Morgan fingerprint density at radius 1 is 1.24 bits per heavy atom. The van der Waals surface area contributed by atoms with Crippen LogP contribution in [0.3, 0.4) is 0 Å². The zero-order chi connectivity index (χ0) is 13.1. The molecule has 0 heterocycles. The minimum atomic E-state index is -3.37. The summed E-state index contributed by atoms with van der Waals surface area (Å²) in [6, 6.07) is 5.18. The molecule has 0 atom stereocenters. The SMILES string of the molecule is CCc1ccc(S(=O)(=O)N(C)CC)cc1CN. The van der Waals surface area contributed by atoms with Gasteiger partial charge in [0.15, 0.2) is 0 Å². The second-order valence-corrected chi connectivity index (χ2v) is 5.95. The lowest BCUT2D eigenvalue weighted by atomic mass is 10.1. The van der Waals surface area contributed by atoms with Crippen LogP contribution in [0.4, 0.5) is 0 Å². The number of rotatable bonds is 5. The van der Waals surface area contributed by atoms with Gasteiger partial charge in [0.25, 0.3) is 0 Å². The largest absolute Gasteiger partial charge is 0.326 e. The molecule has 0 aliphatic heterocycles. The molecular formula is C12H20N2O2S. The second kappa shape index (κ2) is 5.62. The van der Waals surface area contributed by atoms with Crippen LogP contribution in [-0.4, -0.2) is 26.3 Å². The molecule has 2 N–H and O–H groups in total. The van der Waals surface area contributed by atoms with Gasteiger partial charge in [-0.15, -0.1) is 0 Å². The van der Waals surface area contributed by atoms with Crippen LogP contribution < -0.4 is 5.73 Å². The minimum absolute atomic E-state index is 0.319. The molecule has 0 bridgehead atoms. The Hall–Kier alpha value is -0.910. The van der Waals surface area contributed by atoms with Gasteiger partial charge in [-0.05, 0) is 29.7 Å². The highest BCUT2D eigenvalue weighted by molar-refractivity contribution is 7.89. The maximum Gasteiger partial charge on any atom is 0.242 e. The average Bonchev–Trinajstić information content (AvgIpc) is 2.36. The van der Waals surface area contributed by atoms with E-state index in [-0.39, 0.29) is 0 Å². The van der Waals surface area contributed by atoms with Crippen LogP contribution in [0.1, 0.15) is 25.0 Å². The molecule has 4 nitrogen and oxygen atoms in total. The van der Waals surface area contributed by atoms with Crippen LogP contribution in [0.5, 0.6) is 0 Å². The van der Waals surface area contributed by atoms with Crippen molar-refractivity contribution < 1.29 is 8.42 Å². The van der Waals surface area contributed by atoms with Gasteiger partial charge in [0.2, 0.25) is 10.0 Å². The zero-order valence-electron chi connectivity index (χ0n) is 10.6. The van der Waals surface area contributed by atoms with Crippen LogP contribution >= 0.6 is 0 Å². The first-order chi connectivity index (χ1) is 7.97. The van der Waals surface area contributed by atoms with Gasteiger partial charge >= 0.3 is 0 Å². The van der Waals surface area contributed by atoms with Crippen molar-refractivity contribution in [1.29, 1.82) is 0 Å². The maximum atomic E-state index is 12.1. The van der Waals surface area contributed by atoms with Gasteiger partial charge in [0, 0.05) is 20.1 Å². The molecule has 0 aromatic heterocycles. The molecule has 1 aromatic carbocycles. The predicted octanol–water partition coefficient (Wildman–Crippen LogP) is 1.35. The summed E-state index contributed by atoms with van der Waals surface area (Å²) in [4.78, 5) is 0.319. The van der Waals surface area contributed by atoms with Crippen molar-refractivity contribution in [2.75, 3.05) is 13.6 Å². The Labute approximate surface area is 103 Å². The van der Waals surface area contributed by atoms with E-state index in [0.29, 0.717) is 18.0 Å². The summed E-state index contributed by atoms with van der Waals surface area (Å²) >= 11 is 0. The fraction of sp³-hybridized carbons (Fsp3) is 0.500. The molecular weight excluding hydrogens is 236 g/mol. The van der Waals surface area contributed by atoms with Crippen molar-refractivity contribution in [3.8, 4) is 0 Å². The van der Waals surface area contributed by atoms with E-state index in [1.165, 1.54) is 4.31 Å². The lowest BCUT2D eigenvalue weighted by Crippen LogP contribution is -2.26. The Morgan fingerprint density at radius 2 is 1.88 bits per heavy atom. The highest BCUT2D eigenvalue weighted by Gasteiger charge is 2.19. The normalized spacial score (nSPS) is 12.1. The van der Waals surface area contributed by atoms with Crippen LogP contribution in [0.25, 0.3) is 0 Å². The van der Waals surface area contributed by atoms with Gasteiger partial charge in [0.05, 0.1) is 4.90 Å². The van der Waals surface area contributed by atoms with Crippen LogP contribution in [0.15, 0.2) is 23.1 Å². The first-order valence-corrected chi connectivity index (χ1v) is 7.19. The van der Waals surface area contributed by atoms with Crippen LogP contribution in [0, 0.1) is 0 Å². The number of hydrogen-bond donors (Lipinski definition) is 1. The van der Waals surface area contributed by atoms with E-state index in [2.05, 4.69) is 0 Å². The Balaban J connectivity index is 3.25. The average molecular weight is 256 g/mol. The van der Waals surface area contributed by atoms with Crippen molar-refractivity contribution in [3.63, 3.8) is 0 Å². The molecule has 5 heteroatoms. The quantitative estimate of drug-likeness (QED) is 0.865. The predicted molar refractivity (Wildman–Crippen MR) is 69.2 cm³/mol. The molecule has 96 valence electrons. The van der Waals surface area contributed by atoms with Crippen molar-refractivity contribution in [2.45, 2.75) is 31.7 Å². The number of aryl methyl sites for hydroxylation is 1. The monoisotopic (exact) mass is 256 g/mol. The third-order valence-electron chi connectivity index (χ3n) is 2.93. The third kappa shape index (κ3) is 2.86. The molecule has 0 radical (unpaired) electrons. The van der Waals surface area contributed by atoms with Gasteiger partial charge in [-0.3, -0.25) is 0 Å². The Bertz CT molecular complexity index is 483. The van der Waals surface area contributed by atoms with Gasteiger partial charge in [-0.1, -0.05) is 19.9 Å². The summed E-state index contributed by atoms with van der Waals surface area (Å²) in [6.07, 6.45) is 0.858. The van der Waals surface area contributed by atoms with Crippen molar-refractivity contribution in [1.82, 2.24) is 4.31 Å². The summed E-state index contributed by atoms with van der Waals surface area (Å²) in [6.45, 7) is 4.65. The Morgan fingerprint density at radius 3 is 2.35 bits per heavy atom. The molecule has 0 aliphatic rings. The number of benzene rings is 1. The summed E-state index contributed by atoms with van der Waals surface area (Å²) < 4.78 is 25.6. The van der Waals surface area contributed by atoms with Gasteiger partial charge < -0.3 is 5.73 Å². The van der Waals surface area contributed by atoms with Crippen molar-refractivity contribution >= 4 is 10.0 Å². The van der Waals surface area contributed by atoms with Crippen LogP contribution in [0.2, 0.25) is 0 Å². The molecule has 1 rings (SSSR count). The molecule has 17 heavy (non-hydrogen) atoms. The first kappa shape index (κ1) is 14.2. The van der Waals surface area contributed by atoms with E-state index >= 15 is 0 Å². The standard InChI is InChI=1S/C12H20N2O2S/c1-4-10-6-7-12(8-11(10)9-13)17(15,16)14(3)5-2/h6-8H,4-5,9,13H2,1-3H3. The fourth-order valence-electron chi connectivity index (χ4n) is 1.65. The molecule has 0 spiro atoms. The van der Waals surface area contributed by atoms with E-state index in [0.717, 1.165) is 17.5 Å². The van der Waals surface area contributed by atoms with E-state index in [1.807, 2.05) is 19.9 Å². The molecule has 0 aliphatic carbocycles. The lowest BCUT2D eigenvalue weighted by Gasteiger charge is -2.16. The van der Waals surface area contributed by atoms with E-state index in [1.54, 1.807) is 19.2 Å². The van der Waals surface area contributed by atoms with E-state index in [4.69, 9.17) is 5.73 Å². The molecule has 0 fully saturated rings. The number of hydrogen-bond acceptors (Lipinski definition) is 3. The molecule has 1 aromatic rings. The van der Waals surface area contributed by atoms with Crippen molar-refractivity contribution in [2.24, 2.45) is 5.73 Å². The summed E-state index contributed by atoms with van der Waals surface area (Å²) in [5.74, 6) is 0. The Kier molecular flexibility index (Phi) is 4.68. The zero-order valence-corrected chi connectivity index (χ0v) is 11.4. The highest BCUT2D eigenvalue weighted by atomic mass is 32.2. The number of sulfonamides is 1. The molecule has 0 unspecified atom stereocenters. The molecule has 0 amide bonds. The van der Waals surface area contributed by atoms with E-state index in [9.17, 15) is 8.42 Å². The number of nitrogens with zero attached hydrogens (tertiary/aromatic N) is 1. The van der Waals surface area contributed by atoms with Crippen molar-refractivity contribution in [3.05, 3.63) is 29.3 Å². The van der Waals surface area contributed by atoms with E-state index < -0.39 is 10.0 Å². The smallest absolute Gasteiger partial charge is 0.242 e. The summed E-state index contributed by atoms with van der Waals surface area (Å²) in [7, 11) is -1.79. The van der Waals surface area contributed by atoms with Gasteiger partial charge in [-0.2, -0.15) is 0 Å². The topological polar surface area (TPSA) is 63.4 Å².